The van der Waals surface area contributed by atoms with Crippen LogP contribution in [0.2, 0.25) is 0 Å². The molecule has 0 bridgehead atoms. The number of hydrogen-bond acceptors (Lipinski definition) is 2. The molecule has 92 valence electrons. The summed E-state index contributed by atoms with van der Waals surface area (Å²) in [6.45, 7) is 0. The molecule has 0 saturated heterocycles. The molecule has 0 aromatic heterocycles. The Morgan fingerprint density at radius 2 is 2.00 bits per heavy atom. The lowest BCUT2D eigenvalue weighted by molar-refractivity contribution is 0.102. The van der Waals surface area contributed by atoms with Crippen molar-refractivity contribution >= 4 is 40.2 Å². The highest BCUT2D eigenvalue weighted by atomic mass is 79.9. The molecule has 2 nitrogen and oxygen atoms in total. The molecule has 2 rings (SSSR count). The minimum Gasteiger partial charge on any atom is -0.322 e. The van der Waals surface area contributed by atoms with Crippen LogP contribution >= 0.6 is 28.6 Å². The minimum atomic E-state index is -0.394. The maximum absolute atomic E-state index is 13.0. The van der Waals surface area contributed by atoms with Crippen molar-refractivity contribution in [1.82, 2.24) is 0 Å². The first-order valence-electron chi connectivity index (χ1n) is 5.12. The summed E-state index contributed by atoms with van der Waals surface area (Å²) in [5.41, 5.74) is 0.849. The Hall–Kier alpha value is -1.33. The van der Waals surface area contributed by atoms with Crippen molar-refractivity contribution in [3.63, 3.8) is 0 Å². The molecule has 1 amide bonds. The molecular weight excluding hydrogens is 317 g/mol. The summed E-state index contributed by atoms with van der Waals surface area (Å²) in [4.78, 5) is 12.5. The van der Waals surface area contributed by atoms with Gasteiger partial charge in [-0.05, 0) is 36.4 Å². The van der Waals surface area contributed by atoms with E-state index in [1.54, 1.807) is 24.3 Å². The highest BCUT2D eigenvalue weighted by Gasteiger charge is 2.10. The molecule has 0 fully saturated rings. The van der Waals surface area contributed by atoms with Crippen LogP contribution in [0, 0.1) is 5.82 Å². The third-order valence-corrected chi connectivity index (χ3v) is 3.15. The van der Waals surface area contributed by atoms with Gasteiger partial charge >= 0.3 is 0 Å². The molecule has 1 N–H and O–H groups in total. The summed E-state index contributed by atoms with van der Waals surface area (Å²) in [5.74, 6) is -0.715. The van der Waals surface area contributed by atoms with Crippen LogP contribution in [0.3, 0.4) is 0 Å². The van der Waals surface area contributed by atoms with Gasteiger partial charge in [0, 0.05) is 15.1 Å². The summed E-state index contributed by atoms with van der Waals surface area (Å²) in [6.07, 6.45) is 0. The minimum absolute atomic E-state index is 0.321. The summed E-state index contributed by atoms with van der Waals surface area (Å²) >= 11 is 7.52. The van der Waals surface area contributed by atoms with Crippen molar-refractivity contribution in [3.8, 4) is 0 Å². The third-order valence-electron chi connectivity index (χ3n) is 2.29. The highest BCUT2D eigenvalue weighted by molar-refractivity contribution is 9.10. The zero-order chi connectivity index (χ0) is 13.1. The van der Waals surface area contributed by atoms with Crippen molar-refractivity contribution < 1.29 is 9.18 Å². The Kier molecular flexibility index (Phi) is 4.04. The van der Waals surface area contributed by atoms with Gasteiger partial charge in [-0.3, -0.25) is 4.79 Å². The topological polar surface area (TPSA) is 29.1 Å². The fraction of sp³-hybridized carbons (Fsp3) is 0. The number of thiol groups is 1. The Labute approximate surface area is 118 Å². The van der Waals surface area contributed by atoms with Gasteiger partial charge in [-0.25, -0.2) is 4.39 Å². The lowest BCUT2D eigenvalue weighted by Gasteiger charge is -2.07. The second-order valence-electron chi connectivity index (χ2n) is 3.63. The van der Waals surface area contributed by atoms with Gasteiger partial charge in [0.2, 0.25) is 0 Å². The van der Waals surface area contributed by atoms with Crippen LogP contribution in [-0.2, 0) is 0 Å². The Bertz CT molecular complexity index is 603. The maximum Gasteiger partial charge on any atom is 0.256 e. The molecule has 0 atom stereocenters. The number of benzene rings is 2. The molecule has 0 saturated carbocycles. The van der Waals surface area contributed by atoms with E-state index in [-0.39, 0.29) is 5.91 Å². The molecule has 0 aliphatic carbocycles. The van der Waals surface area contributed by atoms with Crippen LogP contribution in [0.1, 0.15) is 10.4 Å². The summed E-state index contributed by atoms with van der Waals surface area (Å²) in [5, 5.41) is 2.62. The zero-order valence-corrected chi connectivity index (χ0v) is 11.6. The monoisotopic (exact) mass is 325 g/mol. The quantitative estimate of drug-likeness (QED) is 0.799. The molecule has 0 aliphatic heterocycles. The average molecular weight is 326 g/mol. The van der Waals surface area contributed by atoms with Crippen LogP contribution in [0.25, 0.3) is 0 Å². The molecule has 0 unspecified atom stereocenters. The van der Waals surface area contributed by atoms with Gasteiger partial charge in [-0.1, -0.05) is 22.0 Å². The first-order chi connectivity index (χ1) is 8.56. The van der Waals surface area contributed by atoms with E-state index in [1.165, 1.54) is 18.2 Å². The number of rotatable bonds is 2. The summed E-state index contributed by atoms with van der Waals surface area (Å²) < 4.78 is 13.8. The standard InChI is InChI=1S/C13H9BrFNOS/c14-8-4-5-11(12(18)6-8)13(17)16-10-3-1-2-9(15)7-10/h1-7,18H,(H,16,17). The van der Waals surface area contributed by atoms with Gasteiger partial charge in [0.1, 0.15) is 5.82 Å². The predicted molar refractivity (Wildman–Crippen MR) is 75.7 cm³/mol. The van der Waals surface area contributed by atoms with Crippen LogP contribution in [-0.4, -0.2) is 5.91 Å². The van der Waals surface area contributed by atoms with Gasteiger partial charge < -0.3 is 5.32 Å². The van der Waals surface area contributed by atoms with Crippen molar-refractivity contribution in [2.24, 2.45) is 0 Å². The van der Waals surface area contributed by atoms with Gasteiger partial charge in [-0.2, -0.15) is 0 Å². The van der Waals surface area contributed by atoms with E-state index in [1.807, 2.05) is 0 Å². The van der Waals surface area contributed by atoms with Crippen LogP contribution in [0.4, 0.5) is 10.1 Å². The lowest BCUT2D eigenvalue weighted by Crippen LogP contribution is -2.12. The molecule has 0 spiro atoms. The Morgan fingerprint density at radius 3 is 2.67 bits per heavy atom. The number of hydrogen-bond donors (Lipinski definition) is 2. The second-order valence-corrected chi connectivity index (χ2v) is 5.02. The smallest absolute Gasteiger partial charge is 0.256 e. The molecule has 5 heteroatoms. The van der Waals surface area contributed by atoms with Gasteiger partial charge in [0.25, 0.3) is 5.91 Å². The molecule has 2 aromatic rings. The number of halogens is 2. The average Bonchev–Trinajstić information content (AvgIpc) is 2.28. The van der Waals surface area contributed by atoms with E-state index >= 15 is 0 Å². The van der Waals surface area contributed by atoms with Crippen LogP contribution in [0.5, 0.6) is 0 Å². The van der Waals surface area contributed by atoms with Gasteiger partial charge in [0.05, 0.1) is 5.56 Å². The van der Waals surface area contributed by atoms with E-state index in [9.17, 15) is 9.18 Å². The molecule has 2 aromatic carbocycles. The van der Waals surface area contributed by atoms with Crippen molar-refractivity contribution in [2.75, 3.05) is 5.32 Å². The largest absolute Gasteiger partial charge is 0.322 e. The van der Waals surface area contributed by atoms with E-state index in [2.05, 4.69) is 33.9 Å². The number of anilines is 1. The van der Waals surface area contributed by atoms with Crippen LogP contribution < -0.4 is 5.32 Å². The first kappa shape index (κ1) is 13.1. The SMILES string of the molecule is O=C(Nc1cccc(F)c1)c1ccc(Br)cc1S. The Morgan fingerprint density at radius 1 is 1.22 bits per heavy atom. The van der Waals surface area contributed by atoms with Crippen molar-refractivity contribution in [3.05, 3.63) is 58.3 Å². The molecular formula is C13H9BrFNOS. The van der Waals surface area contributed by atoms with E-state index in [0.717, 1.165) is 4.47 Å². The van der Waals surface area contributed by atoms with Gasteiger partial charge in [0.15, 0.2) is 0 Å². The number of nitrogens with one attached hydrogen (secondary N) is 1. The maximum atomic E-state index is 13.0. The molecule has 0 aliphatic rings. The fourth-order valence-electron chi connectivity index (χ4n) is 1.46. The summed E-state index contributed by atoms with van der Waals surface area (Å²) in [6, 6.07) is 10.9. The number of carbonyl (C=O) groups is 1. The van der Waals surface area contributed by atoms with Crippen molar-refractivity contribution in [1.29, 1.82) is 0 Å². The van der Waals surface area contributed by atoms with Crippen LogP contribution in [0.15, 0.2) is 51.8 Å². The first-order valence-corrected chi connectivity index (χ1v) is 6.36. The number of amides is 1. The summed E-state index contributed by atoms with van der Waals surface area (Å²) in [7, 11) is 0. The Balaban J connectivity index is 2.22. The predicted octanol–water partition coefficient (Wildman–Crippen LogP) is 4.13. The van der Waals surface area contributed by atoms with E-state index < -0.39 is 5.82 Å². The molecule has 0 heterocycles. The molecule has 0 radical (unpaired) electrons. The van der Waals surface area contributed by atoms with Crippen molar-refractivity contribution in [2.45, 2.75) is 4.90 Å². The van der Waals surface area contributed by atoms with E-state index in [0.29, 0.717) is 16.1 Å². The van der Waals surface area contributed by atoms with Gasteiger partial charge in [-0.15, -0.1) is 12.6 Å². The lowest BCUT2D eigenvalue weighted by atomic mass is 10.2. The number of carbonyl (C=O) groups excluding carboxylic acids is 1. The highest BCUT2D eigenvalue weighted by Crippen LogP contribution is 2.21. The van der Waals surface area contributed by atoms with E-state index in [4.69, 9.17) is 0 Å². The fourth-order valence-corrected chi connectivity index (χ4v) is 2.31. The third kappa shape index (κ3) is 3.11. The zero-order valence-electron chi connectivity index (χ0n) is 9.15. The second kappa shape index (κ2) is 5.54. The molecule has 18 heavy (non-hydrogen) atoms. The normalized spacial score (nSPS) is 10.2.